The number of carbonyl (C=O) groups is 1. The van der Waals surface area contributed by atoms with Crippen LogP contribution in [0.4, 0.5) is 0 Å². The predicted octanol–water partition coefficient (Wildman–Crippen LogP) is 2.99. The molecule has 1 unspecified atom stereocenters. The number of ether oxygens (including phenoxy) is 1. The number of nitrogens with zero attached hydrogens (tertiary/aromatic N) is 3. The van der Waals surface area contributed by atoms with Crippen molar-refractivity contribution in [2.45, 2.75) is 44.2 Å². The quantitative estimate of drug-likeness (QED) is 0.859. The van der Waals surface area contributed by atoms with Gasteiger partial charge in [0.05, 0.1) is 12.2 Å². The van der Waals surface area contributed by atoms with Crippen molar-refractivity contribution in [3.63, 3.8) is 0 Å². The van der Waals surface area contributed by atoms with Crippen molar-refractivity contribution < 1.29 is 9.53 Å². The number of carbonyl (C=O) groups excluding carboxylic acids is 1. The van der Waals surface area contributed by atoms with Gasteiger partial charge in [-0.3, -0.25) is 9.48 Å². The van der Waals surface area contributed by atoms with Crippen molar-refractivity contribution in [2.75, 3.05) is 19.7 Å². The molecule has 4 heterocycles. The molecule has 1 saturated heterocycles. The first-order chi connectivity index (χ1) is 11.7. The summed E-state index contributed by atoms with van der Waals surface area (Å²) < 4.78 is 8.01. The van der Waals surface area contributed by atoms with Crippen LogP contribution >= 0.6 is 11.3 Å². The number of piperidine rings is 1. The summed E-state index contributed by atoms with van der Waals surface area (Å²) in [6.45, 7) is 4.35. The largest absolute Gasteiger partial charge is 0.370 e. The van der Waals surface area contributed by atoms with Crippen LogP contribution < -0.4 is 0 Å². The molecule has 128 valence electrons. The lowest BCUT2D eigenvalue weighted by Gasteiger charge is -2.44. The Morgan fingerprint density at radius 2 is 2.29 bits per heavy atom. The van der Waals surface area contributed by atoms with E-state index < -0.39 is 0 Å². The first-order valence-corrected chi connectivity index (χ1v) is 9.60. The molecule has 2 aliphatic rings. The second-order valence-corrected chi connectivity index (χ2v) is 7.59. The van der Waals surface area contributed by atoms with Gasteiger partial charge in [0.15, 0.2) is 0 Å². The van der Waals surface area contributed by atoms with Crippen molar-refractivity contribution in [3.05, 3.63) is 40.3 Å². The van der Waals surface area contributed by atoms with Gasteiger partial charge in [-0.2, -0.15) is 5.10 Å². The standard InChI is InChI=1S/C18H23N3O2S/c1-2-15(21-9-3-8-19-21)17(22)20-10-6-18(7-11-20)14-5-13-24-16(14)4-12-23-18/h3,5,8-9,13,15H,2,4,6-7,10-12H2,1H3. The molecule has 1 fully saturated rings. The second kappa shape index (κ2) is 6.33. The Morgan fingerprint density at radius 3 is 3.00 bits per heavy atom. The van der Waals surface area contributed by atoms with Gasteiger partial charge in [0.25, 0.3) is 0 Å². The molecule has 2 aromatic heterocycles. The van der Waals surface area contributed by atoms with E-state index in [1.54, 1.807) is 10.9 Å². The van der Waals surface area contributed by atoms with Crippen LogP contribution in [0.25, 0.3) is 0 Å². The monoisotopic (exact) mass is 345 g/mol. The van der Waals surface area contributed by atoms with Crippen LogP contribution in [0.15, 0.2) is 29.9 Å². The zero-order valence-corrected chi connectivity index (χ0v) is 14.8. The van der Waals surface area contributed by atoms with Gasteiger partial charge >= 0.3 is 0 Å². The Kier molecular flexibility index (Phi) is 4.18. The van der Waals surface area contributed by atoms with E-state index in [1.165, 1.54) is 10.4 Å². The van der Waals surface area contributed by atoms with Crippen molar-refractivity contribution in [3.8, 4) is 0 Å². The summed E-state index contributed by atoms with van der Waals surface area (Å²) >= 11 is 1.83. The first kappa shape index (κ1) is 15.8. The maximum atomic E-state index is 12.9. The van der Waals surface area contributed by atoms with Crippen LogP contribution in [-0.4, -0.2) is 40.3 Å². The molecule has 1 spiro atoms. The van der Waals surface area contributed by atoms with E-state index in [9.17, 15) is 4.79 Å². The minimum absolute atomic E-state index is 0.169. The van der Waals surface area contributed by atoms with Crippen molar-refractivity contribution >= 4 is 17.2 Å². The molecule has 2 aromatic rings. The highest BCUT2D eigenvalue weighted by Gasteiger charge is 2.42. The van der Waals surface area contributed by atoms with Gasteiger partial charge in [0.2, 0.25) is 5.91 Å². The maximum Gasteiger partial charge on any atom is 0.247 e. The highest BCUT2D eigenvalue weighted by molar-refractivity contribution is 7.10. The highest BCUT2D eigenvalue weighted by Crippen LogP contribution is 2.43. The summed E-state index contributed by atoms with van der Waals surface area (Å²) in [6.07, 6.45) is 7.16. The lowest BCUT2D eigenvalue weighted by Crippen LogP contribution is -2.49. The molecule has 4 rings (SSSR count). The van der Waals surface area contributed by atoms with Crippen LogP contribution in [0.1, 0.15) is 42.7 Å². The maximum absolute atomic E-state index is 12.9. The number of likely N-dealkylation sites (tertiary alicyclic amines) is 1. The fraction of sp³-hybridized carbons (Fsp3) is 0.556. The third-order valence-electron chi connectivity index (χ3n) is 5.34. The Labute approximate surface area is 146 Å². The number of aromatic nitrogens is 2. The number of fused-ring (bicyclic) bond motifs is 2. The van der Waals surface area contributed by atoms with E-state index >= 15 is 0 Å². The summed E-state index contributed by atoms with van der Waals surface area (Å²) in [4.78, 5) is 16.4. The average Bonchev–Trinajstić information content (AvgIpc) is 3.28. The highest BCUT2D eigenvalue weighted by atomic mass is 32.1. The van der Waals surface area contributed by atoms with E-state index in [0.717, 1.165) is 45.4 Å². The van der Waals surface area contributed by atoms with E-state index in [0.29, 0.717) is 0 Å². The molecule has 5 nitrogen and oxygen atoms in total. The molecular weight excluding hydrogens is 322 g/mol. The van der Waals surface area contributed by atoms with Gasteiger partial charge in [-0.1, -0.05) is 6.92 Å². The number of thiophene rings is 1. The second-order valence-electron chi connectivity index (χ2n) is 6.59. The molecule has 6 heteroatoms. The minimum Gasteiger partial charge on any atom is -0.370 e. The topological polar surface area (TPSA) is 47.4 Å². The molecule has 0 aromatic carbocycles. The van der Waals surface area contributed by atoms with Crippen molar-refractivity contribution in [2.24, 2.45) is 0 Å². The van der Waals surface area contributed by atoms with Crippen molar-refractivity contribution in [1.29, 1.82) is 0 Å². The van der Waals surface area contributed by atoms with E-state index in [1.807, 2.05) is 35.4 Å². The summed E-state index contributed by atoms with van der Waals surface area (Å²) in [5.74, 6) is 0.178. The molecule has 1 atom stereocenters. The van der Waals surface area contributed by atoms with Gasteiger partial charge < -0.3 is 9.64 Å². The first-order valence-electron chi connectivity index (χ1n) is 8.72. The number of hydrogen-bond donors (Lipinski definition) is 0. The normalized spacial score (nSPS) is 20.8. The van der Waals surface area contributed by atoms with Crippen LogP contribution in [0.2, 0.25) is 0 Å². The smallest absolute Gasteiger partial charge is 0.247 e. The molecule has 0 saturated carbocycles. The third kappa shape index (κ3) is 2.58. The van der Waals surface area contributed by atoms with E-state index in [2.05, 4.69) is 16.5 Å². The molecular formula is C18H23N3O2S. The fourth-order valence-electron chi connectivity index (χ4n) is 4.01. The van der Waals surface area contributed by atoms with Crippen LogP contribution in [0, 0.1) is 0 Å². The lowest BCUT2D eigenvalue weighted by atomic mass is 9.82. The molecule has 2 aliphatic heterocycles. The Morgan fingerprint density at radius 1 is 1.46 bits per heavy atom. The predicted molar refractivity (Wildman–Crippen MR) is 93.0 cm³/mol. The number of amides is 1. The fourth-order valence-corrected chi connectivity index (χ4v) is 4.96. The minimum atomic E-state index is -0.196. The molecule has 0 radical (unpaired) electrons. The molecule has 1 amide bonds. The van der Waals surface area contributed by atoms with Gasteiger partial charge in [0.1, 0.15) is 6.04 Å². The SMILES string of the molecule is CCC(C(=O)N1CCC2(CC1)OCCc1sccc12)n1cccn1. The zero-order valence-electron chi connectivity index (χ0n) is 14.0. The van der Waals surface area contributed by atoms with Gasteiger partial charge in [-0.15, -0.1) is 11.3 Å². The molecule has 0 N–H and O–H groups in total. The Bertz CT molecular complexity index is 702. The number of hydrogen-bond acceptors (Lipinski definition) is 4. The molecule has 0 bridgehead atoms. The van der Waals surface area contributed by atoms with Gasteiger partial charge in [-0.05, 0) is 42.3 Å². The van der Waals surface area contributed by atoms with E-state index in [4.69, 9.17) is 4.74 Å². The summed E-state index contributed by atoms with van der Waals surface area (Å²) in [5.41, 5.74) is 1.20. The lowest BCUT2D eigenvalue weighted by molar-refractivity contribution is -0.144. The number of rotatable bonds is 3. The van der Waals surface area contributed by atoms with Crippen molar-refractivity contribution in [1.82, 2.24) is 14.7 Å². The molecule has 24 heavy (non-hydrogen) atoms. The Hall–Kier alpha value is -1.66. The summed E-state index contributed by atoms with van der Waals surface area (Å²) in [7, 11) is 0. The summed E-state index contributed by atoms with van der Waals surface area (Å²) in [6, 6.07) is 3.89. The van der Waals surface area contributed by atoms with E-state index in [-0.39, 0.29) is 17.6 Å². The van der Waals surface area contributed by atoms with Crippen LogP contribution in [0.5, 0.6) is 0 Å². The van der Waals surface area contributed by atoms with Crippen LogP contribution in [0.3, 0.4) is 0 Å². The van der Waals surface area contributed by atoms with Gasteiger partial charge in [0, 0.05) is 36.8 Å². The third-order valence-corrected chi connectivity index (χ3v) is 6.32. The van der Waals surface area contributed by atoms with Crippen LogP contribution in [-0.2, 0) is 21.6 Å². The average molecular weight is 345 g/mol. The zero-order chi connectivity index (χ0) is 16.6. The van der Waals surface area contributed by atoms with Gasteiger partial charge in [-0.25, -0.2) is 0 Å². The summed E-state index contributed by atoms with van der Waals surface area (Å²) in [5, 5.41) is 6.43. The molecule has 0 aliphatic carbocycles. The Balaban J connectivity index is 1.48.